The molecule has 3 aromatic heterocycles. The second kappa shape index (κ2) is 13.5. The molecule has 0 bridgehead atoms. The molecule has 13 heteroatoms. The lowest BCUT2D eigenvalue weighted by atomic mass is 10.00. The van der Waals surface area contributed by atoms with E-state index < -0.39 is 17.7 Å². The molecule has 0 unspecified atom stereocenters. The predicted molar refractivity (Wildman–Crippen MR) is 175 cm³/mol. The van der Waals surface area contributed by atoms with Crippen LogP contribution in [0.1, 0.15) is 22.0 Å². The monoisotopic (exact) mass is 677 g/mol. The van der Waals surface area contributed by atoms with Crippen LogP contribution in [0.25, 0.3) is 45.3 Å². The zero-order chi connectivity index (χ0) is 33.9. The van der Waals surface area contributed by atoms with Crippen LogP contribution in [0.15, 0.2) is 121 Å². The maximum absolute atomic E-state index is 14.5. The summed E-state index contributed by atoms with van der Waals surface area (Å²) >= 11 is 6.75. The summed E-state index contributed by atoms with van der Waals surface area (Å²) in [6.45, 7) is 0.357. The molecule has 49 heavy (non-hydrogen) atoms. The number of nitrogens with zero attached hydrogens (tertiary/aromatic N) is 6. The van der Waals surface area contributed by atoms with Crippen molar-refractivity contribution >= 4 is 17.5 Å². The van der Waals surface area contributed by atoms with Crippen molar-refractivity contribution in [3.05, 3.63) is 150 Å². The van der Waals surface area contributed by atoms with Gasteiger partial charge in [-0.25, -0.2) is 28.1 Å². The van der Waals surface area contributed by atoms with Crippen molar-refractivity contribution in [2.45, 2.75) is 12.6 Å². The third-order valence-corrected chi connectivity index (χ3v) is 8.04. The van der Waals surface area contributed by atoms with Crippen molar-refractivity contribution < 1.29 is 22.4 Å². The molecule has 242 valence electrons. The van der Waals surface area contributed by atoms with E-state index in [9.17, 15) is 18.0 Å². The molecule has 0 aliphatic heterocycles. The number of carbonyl (C=O) groups is 1. The molecule has 7 rings (SSSR count). The van der Waals surface area contributed by atoms with Crippen LogP contribution in [-0.4, -0.2) is 35.6 Å². The Hall–Kier alpha value is -6.14. The number of amides is 1. The van der Waals surface area contributed by atoms with Crippen molar-refractivity contribution in [3.63, 3.8) is 0 Å². The van der Waals surface area contributed by atoms with Crippen LogP contribution >= 0.6 is 11.6 Å². The first-order chi connectivity index (χ1) is 23.8. The van der Waals surface area contributed by atoms with E-state index in [2.05, 4.69) is 30.5 Å². The Bertz CT molecular complexity index is 2260. The maximum atomic E-state index is 14.5. The highest BCUT2D eigenvalue weighted by Gasteiger charge is 2.21. The van der Waals surface area contributed by atoms with Gasteiger partial charge >= 0.3 is 0 Å². The van der Waals surface area contributed by atoms with Gasteiger partial charge in [-0.3, -0.25) is 4.79 Å². The number of aromatic nitrogens is 6. The van der Waals surface area contributed by atoms with Crippen LogP contribution in [0, 0.1) is 17.5 Å². The number of imidazole rings is 1. The lowest BCUT2D eigenvalue weighted by Crippen LogP contribution is -2.31. The minimum Gasteiger partial charge on any atom is -0.416 e. The summed E-state index contributed by atoms with van der Waals surface area (Å²) in [6.07, 6.45) is 7.23. The number of hydrogen-bond acceptors (Lipinski definition) is 7. The highest BCUT2D eigenvalue weighted by molar-refractivity contribution is 6.31. The number of benzene rings is 4. The molecular formula is C36H23ClF3N7O2. The van der Waals surface area contributed by atoms with Crippen molar-refractivity contribution in [1.82, 2.24) is 35.0 Å². The molecule has 0 spiro atoms. The topological polar surface area (TPSA) is 112 Å². The molecule has 0 saturated carbocycles. The Morgan fingerprint density at radius 3 is 2.22 bits per heavy atom. The second-order valence-corrected chi connectivity index (χ2v) is 11.4. The van der Waals surface area contributed by atoms with Gasteiger partial charge in [0.05, 0.1) is 18.6 Å². The molecule has 0 aliphatic rings. The van der Waals surface area contributed by atoms with Crippen molar-refractivity contribution in [2.75, 3.05) is 0 Å². The number of rotatable bonds is 9. The molecule has 0 fully saturated rings. The van der Waals surface area contributed by atoms with Gasteiger partial charge < -0.3 is 14.3 Å². The third-order valence-electron chi connectivity index (χ3n) is 7.72. The van der Waals surface area contributed by atoms with Gasteiger partial charge in [-0.1, -0.05) is 35.9 Å². The lowest BCUT2D eigenvalue weighted by Gasteiger charge is -2.21. The van der Waals surface area contributed by atoms with E-state index >= 15 is 0 Å². The summed E-state index contributed by atoms with van der Waals surface area (Å²) in [7, 11) is 0. The van der Waals surface area contributed by atoms with Gasteiger partial charge in [-0.15, -0.1) is 10.2 Å². The SMILES string of the molecule is O=C(N[C@@H](Cn1ccnc1)c1ccc(-c2ccc(F)cc2)cc1Cl)c1ccc(-c2nnc(-c3cc(F)cc(-c4ncncc4F)c3)o2)cc1. The number of nitrogens with one attached hydrogen (secondary N) is 1. The number of hydrogen-bond donors (Lipinski definition) is 1. The molecule has 1 N–H and O–H groups in total. The molecular weight excluding hydrogens is 655 g/mol. The average molecular weight is 678 g/mol. The Labute approximate surface area is 282 Å². The zero-order valence-corrected chi connectivity index (χ0v) is 26.0. The van der Waals surface area contributed by atoms with Gasteiger partial charge in [0.1, 0.15) is 23.7 Å². The minimum atomic E-state index is -0.703. The first-order valence-corrected chi connectivity index (χ1v) is 15.2. The summed E-state index contributed by atoms with van der Waals surface area (Å²) in [5.41, 5.74) is 3.52. The van der Waals surface area contributed by atoms with Gasteiger partial charge in [0.2, 0.25) is 11.8 Å². The fraction of sp³-hybridized carbons (Fsp3) is 0.0556. The van der Waals surface area contributed by atoms with Crippen molar-refractivity contribution in [3.8, 4) is 45.3 Å². The fourth-order valence-corrected chi connectivity index (χ4v) is 5.61. The largest absolute Gasteiger partial charge is 0.416 e. The van der Waals surface area contributed by atoms with Gasteiger partial charge in [-0.2, -0.15) is 0 Å². The molecule has 9 nitrogen and oxygen atoms in total. The summed E-state index contributed by atoms with van der Waals surface area (Å²) in [5, 5.41) is 11.6. The van der Waals surface area contributed by atoms with Crippen LogP contribution < -0.4 is 5.32 Å². The summed E-state index contributed by atoms with van der Waals surface area (Å²) < 4.78 is 49.8. The molecule has 3 heterocycles. The average Bonchev–Trinajstić information content (AvgIpc) is 3.82. The Morgan fingerprint density at radius 2 is 1.51 bits per heavy atom. The van der Waals surface area contributed by atoms with Crippen molar-refractivity contribution in [2.24, 2.45) is 0 Å². The smallest absolute Gasteiger partial charge is 0.251 e. The van der Waals surface area contributed by atoms with Crippen molar-refractivity contribution in [1.29, 1.82) is 0 Å². The van der Waals surface area contributed by atoms with Crippen LogP contribution in [-0.2, 0) is 6.54 Å². The first kappa shape index (κ1) is 31.5. The van der Waals surface area contributed by atoms with Crippen LogP contribution in [0.5, 0.6) is 0 Å². The lowest BCUT2D eigenvalue weighted by molar-refractivity contribution is 0.0932. The summed E-state index contributed by atoms with van der Waals surface area (Å²) in [4.78, 5) is 25.1. The first-order valence-electron chi connectivity index (χ1n) is 14.8. The number of halogens is 4. The van der Waals surface area contributed by atoms with E-state index in [4.69, 9.17) is 16.0 Å². The molecule has 0 aliphatic carbocycles. The maximum Gasteiger partial charge on any atom is 0.251 e. The molecule has 1 atom stereocenters. The molecule has 0 saturated heterocycles. The van der Waals surface area contributed by atoms with Gasteiger partial charge in [0, 0.05) is 46.2 Å². The van der Waals surface area contributed by atoms with E-state index in [1.54, 1.807) is 61.2 Å². The van der Waals surface area contributed by atoms with Crippen LogP contribution in [0.4, 0.5) is 13.2 Å². The minimum absolute atomic E-state index is 0.0108. The molecule has 4 aromatic carbocycles. The van der Waals surface area contributed by atoms with Crippen LogP contribution in [0.2, 0.25) is 5.02 Å². The number of carbonyl (C=O) groups excluding carboxylic acids is 1. The van der Waals surface area contributed by atoms with E-state index in [1.807, 2.05) is 16.7 Å². The van der Waals surface area contributed by atoms with Gasteiger partial charge in [-0.05, 0) is 77.4 Å². The fourth-order valence-electron chi connectivity index (χ4n) is 5.30. The highest BCUT2D eigenvalue weighted by atomic mass is 35.5. The Balaban J connectivity index is 1.10. The summed E-state index contributed by atoms with van der Waals surface area (Å²) in [5.74, 6) is -1.89. The van der Waals surface area contributed by atoms with Gasteiger partial charge in [0.25, 0.3) is 5.91 Å². The summed E-state index contributed by atoms with van der Waals surface area (Å²) in [6, 6.07) is 21.4. The molecule has 0 radical (unpaired) electrons. The quantitative estimate of drug-likeness (QED) is 0.165. The molecule has 7 aromatic rings. The standard InChI is InChI=1S/C36H23ClF3N7O2/c37-30-16-24(21-5-8-27(38)9-6-21)7-10-29(30)32(18-47-12-11-41-20-47)44-34(48)22-1-3-23(4-2-22)35-45-46-36(49-35)26-13-25(14-28(39)15-26)33-31(40)17-42-19-43-33/h1-17,19-20,32H,18H2,(H,44,48)/t32-/m0/s1. The third kappa shape index (κ3) is 6.94. The Kier molecular flexibility index (Phi) is 8.69. The second-order valence-electron chi connectivity index (χ2n) is 11.0. The molecule has 1 amide bonds. The normalized spacial score (nSPS) is 11.8. The van der Waals surface area contributed by atoms with E-state index in [1.165, 1.54) is 30.6 Å². The van der Waals surface area contributed by atoms with E-state index in [-0.39, 0.29) is 40.3 Å². The highest BCUT2D eigenvalue weighted by Crippen LogP contribution is 2.32. The van der Waals surface area contributed by atoms with Crippen LogP contribution in [0.3, 0.4) is 0 Å². The Morgan fingerprint density at radius 1 is 0.796 bits per heavy atom. The van der Waals surface area contributed by atoms with E-state index in [0.29, 0.717) is 28.3 Å². The zero-order valence-electron chi connectivity index (χ0n) is 25.3. The van der Waals surface area contributed by atoms with E-state index in [0.717, 1.165) is 23.4 Å². The predicted octanol–water partition coefficient (Wildman–Crippen LogP) is 7.97. The van der Waals surface area contributed by atoms with Gasteiger partial charge in [0.15, 0.2) is 5.82 Å².